The molecule has 0 bridgehead atoms. The predicted octanol–water partition coefficient (Wildman–Crippen LogP) is 5.34. The van der Waals surface area contributed by atoms with E-state index in [1.165, 1.54) is 0 Å². The molecule has 0 unspecified atom stereocenters. The highest BCUT2D eigenvalue weighted by Crippen LogP contribution is 2.37. The molecule has 2 aromatic carbocycles. The lowest BCUT2D eigenvalue weighted by atomic mass is 9.99. The minimum atomic E-state index is -2.09. The molecule has 3 aromatic rings. The number of aromatic nitrogens is 1. The van der Waals surface area contributed by atoms with Crippen LogP contribution in [0.5, 0.6) is 0 Å². The van der Waals surface area contributed by atoms with E-state index in [-0.39, 0.29) is 35.5 Å². The zero-order chi connectivity index (χ0) is 38.3. The summed E-state index contributed by atoms with van der Waals surface area (Å²) in [5, 5.41) is 9.83. The van der Waals surface area contributed by atoms with Gasteiger partial charge in [0.05, 0.1) is 0 Å². The average molecular weight is 744 g/mol. The Kier molecular flexibility index (Phi) is 13.0. The first-order valence-corrected chi connectivity index (χ1v) is 22.1. The number of Topliss-reactive ketones (excluding diaryl/α,β-unsaturated/α-hetero) is 1. The van der Waals surface area contributed by atoms with Gasteiger partial charge in [0.2, 0.25) is 23.6 Å². The molecule has 0 saturated carbocycles. The first-order chi connectivity index (χ1) is 25.1. The van der Waals surface area contributed by atoms with Crippen molar-refractivity contribution in [1.82, 2.24) is 25.8 Å². The summed E-state index contributed by atoms with van der Waals surface area (Å²) in [5.74, 6) is -1.55. The van der Waals surface area contributed by atoms with Crippen LogP contribution in [0.3, 0.4) is 0 Å². The molecule has 2 aliphatic rings. The number of carbonyl (C=O) groups is 5. The third-order valence-corrected chi connectivity index (χ3v) is 15.8. The second-order valence-corrected chi connectivity index (χ2v) is 21.0. The summed E-state index contributed by atoms with van der Waals surface area (Å²) in [5.41, 5.74) is 2.62. The Bertz CT molecular complexity index is 1770. The number of hydrogen-bond acceptors (Lipinski definition) is 6. The average Bonchev–Trinajstić information content (AvgIpc) is 3.77. The molecular formula is C41H57N5O6Si. The number of hydrogen-bond donors (Lipinski definition) is 4. The van der Waals surface area contributed by atoms with E-state index in [1.54, 1.807) is 4.90 Å². The van der Waals surface area contributed by atoms with Gasteiger partial charge in [0.1, 0.15) is 30.3 Å². The first kappa shape index (κ1) is 39.9. The zero-order valence-corrected chi connectivity index (χ0v) is 33.1. The van der Waals surface area contributed by atoms with Gasteiger partial charge in [0, 0.05) is 42.9 Å². The van der Waals surface area contributed by atoms with Gasteiger partial charge in [-0.3, -0.25) is 24.0 Å². The van der Waals surface area contributed by atoms with Crippen molar-refractivity contribution in [3.8, 4) is 0 Å². The van der Waals surface area contributed by atoms with E-state index in [1.807, 2.05) is 67.7 Å². The van der Waals surface area contributed by atoms with Crippen molar-refractivity contribution in [2.24, 2.45) is 0 Å². The largest absolute Gasteiger partial charge is 0.407 e. The number of unbranched alkanes of at least 4 members (excludes halogenated alkanes) is 2. The SMILES string of the molecule is C[C@@H](O[Si](C)(C)C(C)(C)C)C(=O)CCCCC[C@@H]1NC(=O)[C@H]2CCCN2C(=O)[C@H](Cc2ccccc2)NC(=O)[C@H](Cc2c[nH]c3ccccc23)NC1=O. The first-order valence-electron chi connectivity index (χ1n) is 19.2. The molecule has 1 aromatic heterocycles. The van der Waals surface area contributed by atoms with Crippen molar-refractivity contribution in [3.63, 3.8) is 0 Å². The number of para-hydroxylation sites is 1. The van der Waals surface area contributed by atoms with E-state index < -0.39 is 50.4 Å². The molecule has 5 rings (SSSR count). The standard InChI is InChI=1S/C41H57N5O6Si/c1-27(52-53(5,6)41(2,3)4)36(47)22-12-8-11-20-32-37(48)44-33(25-29-26-42-31-19-14-13-18-30(29)31)38(49)45-34(24-28-16-9-7-10-17-28)40(51)46-23-15-21-35(46)39(50)43-32/h7,9-10,13-14,16-19,26-27,32-35,42H,8,11-12,15,20-25H2,1-6H3,(H,43,50)(H,44,48)(H,45,49)/t27-,32+,33+,34+,35-/m1/s1. The van der Waals surface area contributed by atoms with E-state index in [9.17, 15) is 24.0 Å². The third-order valence-electron chi connectivity index (χ3n) is 11.2. The van der Waals surface area contributed by atoms with Crippen molar-refractivity contribution >= 4 is 48.6 Å². The quantitative estimate of drug-likeness (QED) is 0.137. The number of fused-ring (bicyclic) bond motifs is 2. The summed E-state index contributed by atoms with van der Waals surface area (Å²) >= 11 is 0. The van der Waals surface area contributed by atoms with Crippen LogP contribution in [-0.2, 0) is 41.2 Å². The second kappa shape index (κ2) is 17.2. The molecule has 0 spiro atoms. The Morgan fingerprint density at radius 3 is 2.25 bits per heavy atom. The maximum atomic E-state index is 14.2. The van der Waals surface area contributed by atoms with Crippen LogP contribution in [0, 0.1) is 0 Å². The molecule has 53 heavy (non-hydrogen) atoms. The van der Waals surface area contributed by atoms with Crippen LogP contribution in [0.4, 0.5) is 0 Å². The van der Waals surface area contributed by atoms with E-state index in [2.05, 4.69) is 54.8 Å². The van der Waals surface area contributed by atoms with Gasteiger partial charge in [-0.05, 0) is 67.9 Å². The Morgan fingerprint density at radius 2 is 1.51 bits per heavy atom. The fourth-order valence-electron chi connectivity index (χ4n) is 7.08. The molecule has 12 heteroatoms. The van der Waals surface area contributed by atoms with E-state index in [0.29, 0.717) is 51.5 Å². The fourth-order valence-corrected chi connectivity index (χ4v) is 8.45. The molecule has 2 aliphatic heterocycles. The monoisotopic (exact) mass is 743 g/mol. The Morgan fingerprint density at radius 1 is 0.849 bits per heavy atom. The van der Waals surface area contributed by atoms with Crippen LogP contribution in [0.1, 0.15) is 83.8 Å². The van der Waals surface area contributed by atoms with Crippen LogP contribution >= 0.6 is 0 Å². The minimum absolute atomic E-state index is 0.00195. The highest BCUT2D eigenvalue weighted by atomic mass is 28.4. The van der Waals surface area contributed by atoms with Crippen LogP contribution < -0.4 is 16.0 Å². The second-order valence-electron chi connectivity index (χ2n) is 16.2. The highest BCUT2D eigenvalue weighted by molar-refractivity contribution is 6.74. The van der Waals surface area contributed by atoms with Gasteiger partial charge in [-0.2, -0.15) is 0 Å². The number of benzene rings is 2. The third kappa shape index (κ3) is 10.0. The van der Waals surface area contributed by atoms with E-state index >= 15 is 0 Å². The molecule has 5 atom stereocenters. The fraction of sp³-hybridized carbons (Fsp3) is 0.537. The molecule has 4 amide bonds. The molecule has 0 aliphatic carbocycles. The predicted molar refractivity (Wildman–Crippen MR) is 209 cm³/mol. The number of nitrogens with one attached hydrogen (secondary N) is 4. The molecule has 11 nitrogen and oxygen atoms in total. The molecular weight excluding hydrogens is 687 g/mol. The van der Waals surface area contributed by atoms with Gasteiger partial charge in [0.25, 0.3) is 0 Å². The van der Waals surface area contributed by atoms with Crippen LogP contribution in [0.2, 0.25) is 18.1 Å². The lowest BCUT2D eigenvalue weighted by molar-refractivity contribution is -0.143. The Balaban J connectivity index is 1.32. The number of amides is 4. The maximum Gasteiger partial charge on any atom is 0.246 e. The van der Waals surface area contributed by atoms with Gasteiger partial charge in [-0.25, -0.2) is 0 Å². The number of H-pyrrole nitrogens is 1. The highest BCUT2D eigenvalue weighted by Gasteiger charge is 2.41. The van der Waals surface area contributed by atoms with Crippen LogP contribution in [0.15, 0.2) is 60.8 Å². The summed E-state index contributed by atoms with van der Waals surface area (Å²) in [6.45, 7) is 12.9. The van der Waals surface area contributed by atoms with Crippen molar-refractivity contribution in [1.29, 1.82) is 0 Å². The zero-order valence-electron chi connectivity index (χ0n) is 32.1. The number of carbonyl (C=O) groups excluding carboxylic acids is 5. The number of ketones is 1. The summed E-state index contributed by atoms with van der Waals surface area (Å²) in [4.78, 5) is 74.0. The molecule has 4 N–H and O–H groups in total. The van der Waals surface area contributed by atoms with E-state index in [4.69, 9.17) is 4.43 Å². The normalized spacial score (nSPS) is 22.3. The van der Waals surface area contributed by atoms with Crippen LogP contribution in [0.25, 0.3) is 10.9 Å². The number of rotatable bonds is 13. The summed E-state index contributed by atoms with van der Waals surface area (Å²) in [6, 6.07) is 13.6. The van der Waals surface area contributed by atoms with Gasteiger partial charge in [-0.15, -0.1) is 0 Å². The Labute approximate surface area is 314 Å². The smallest absolute Gasteiger partial charge is 0.246 e. The van der Waals surface area contributed by atoms with Crippen molar-refractivity contribution in [2.75, 3.05) is 6.54 Å². The molecule has 2 fully saturated rings. The van der Waals surface area contributed by atoms with Crippen LogP contribution in [-0.4, -0.2) is 84.4 Å². The molecule has 286 valence electrons. The summed E-state index contributed by atoms with van der Waals surface area (Å²) < 4.78 is 6.29. The Hall–Kier alpha value is -4.29. The van der Waals surface area contributed by atoms with Gasteiger partial charge in [0.15, 0.2) is 14.1 Å². The van der Waals surface area contributed by atoms with Gasteiger partial charge < -0.3 is 30.3 Å². The van der Waals surface area contributed by atoms with Gasteiger partial charge >= 0.3 is 0 Å². The number of nitrogens with zero attached hydrogens (tertiary/aromatic N) is 1. The molecule has 3 heterocycles. The van der Waals surface area contributed by atoms with Crippen molar-refractivity contribution in [2.45, 2.75) is 134 Å². The van der Waals surface area contributed by atoms with E-state index in [0.717, 1.165) is 22.0 Å². The summed E-state index contributed by atoms with van der Waals surface area (Å²) in [6.07, 6.45) is 5.47. The molecule has 2 saturated heterocycles. The maximum absolute atomic E-state index is 14.2. The number of aromatic amines is 1. The lowest BCUT2D eigenvalue weighted by Gasteiger charge is -2.38. The van der Waals surface area contributed by atoms with Gasteiger partial charge in [-0.1, -0.05) is 82.1 Å². The minimum Gasteiger partial charge on any atom is -0.407 e. The van der Waals surface area contributed by atoms with Crippen molar-refractivity contribution in [3.05, 3.63) is 71.9 Å². The molecule has 0 radical (unpaired) electrons. The van der Waals surface area contributed by atoms with Crippen molar-refractivity contribution < 1.29 is 28.4 Å². The topological polar surface area (TPSA) is 150 Å². The summed E-state index contributed by atoms with van der Waals surface area (Å²) in [7, 11) is -2.09. The lowest BCUT2D eigenvalue weighted by Crippen LogP contribution is -2.61.